The van der Waals surface area contributed by atoms with Gasteiger partial charge in [0.15, 0.2) is 0 Å². The van der Waals surface area contributed by atoms with Crippen molar-refractivity contribution in [2.45, 2.75) is 6.54 Å². The van der Waals surface area contributed by atoms with Crippen molar-refractivity contribution < 1.29 is 17.6 Å². The molecule has 0 amide bonds. The molecule has 0 radical (unpaired) electrons. The van der Waals surface area contributed by atoms with E-state index in [1.165, 1.54) is 0 Å². The summed E-state index contributed by atoms with van der Waals surface area (Å²) in [5, 5.41) is 9.82. The maximum absolute atomic E-state index is 13.4. The summed E-state index contributed by atoms with van der Waals surface area (Å²) in [7, 11) is 1.66. The number of benzene rings is 1. The minimum Gasteiger partial charge on any atom is -0.419 e. The van der Waals surface area contributed by atoms with Gasteiger partial charge in [-0.1, -0.05) is 0 Å². The third-order valence-corrected chi connectivity index (χ3v) is 2.02. The van der Waals surface area contributed by atoms with Crippen LogP contribution < -0.4 is 5.32 Å². The molecule has 90 valence electrons. The standard InChI is InChI=1S/C10H8F3N3O/c1-14-4-8-15-16-10(17-8)9-6(12)2-5(11)3-7(9)13/h2-3,14H,4H2,1H3. The lowest BCUT2D eigenvalue weighted by atomic mass is 10.2. The first-order chi connectivity index (χ1) is 8.11. The molecule has 7 heteroatoms. The van der Waals surface area contributed by atoms with E-state index in [1.54, 1.807) is 7.05 Å². The van der Waals surface area contributed by atoms with Gasteiger partial charge in [0, 0.05) is 12.1 Å². The average molecular weight is 243 g/mol. The first-order valence-corrected chi connectivity index (χ1v) is 4.73. The van der Waals surface area contributed by atoms with Gasteiger partial charge in [-0.05, 0) is 7.05 Å². The van der Waals surface area contributed by atoms with E-state index in [0.29, 0.717) is 12.1 Å². The molecule has 0 saturated heterocycles. The Labute approximate surface area is 94.5 Å². The zero-order valence-electron chi connectivity index (χ0n) is 8.80. The van der Waals surface area contributed by atoms with E-state index in [1.807, 2.05) is 0 Å². The number of aromatic nitrogens is 2. The van der Waals surface area contributed by atoms with E-state index in [-0.39, 0.29) is 18.3 Å². The van der Waals surface area contributed by atoms with Crippen molar-refractivity contribution in [1.29, 1.82) is 0 Å². The molecule has 0 saturated carbocycles. The Bertz CT molecular complexity index is 518. The van der Waals surface area contributed by atoms with Gasteiger partial charge >= 0.3 is 0 Å². The SMILES string of the molecule is CNCc1nnc(-c2c(F)cc(F)cc2F)o1. The van der Waals surface area contributed by atoms with Crippen molar-refractivity contribution in [3.8, 4) is 11.5 Å². The average Bonchev–Trinajstić information content (AvgIpc) is 2.65. The highest BCUT2D eigenvalue weighted by Crippen LogP contribution is 2.25. The zero-order chi connectivity index (χ0) is 12.4. The Hall–Kier alpha value is -1.89. The molecule has 0 unspecified atom stereocenters. The molecule has 0 aliphatic heterocycles. The van der Waals surface area contributed by atoms with Gasteiger partial charge in [0.2, 0.25) is 5.89 Å². The summed E-state index contributed by atoms with van der Waals surface area (Å²) in [5.41, 5.74) is -0.527. The third-order valence-electron chi connectivity index (χ3n) is 2.02. The van der Waals surface area contributed by atoms with E-state index in [2.05, 4.69) is 15.5 Å². The molecule has 0 fully saturated rings. The van der Waals surface area contributed by atoms with Crippen LogP contribution in [0.2, 0.25) is 0 Å². The van der Waals surface area contributed by atoms with Gasteiger partial charge in [0.05, 0.1) is 6.54 Å². The Kier molecular flexibility index (Phi) is 3.10. The minimum absolute atomic E-state index is 0.186. The minimum atomic E-state index is -1.08. The van der Waals surface area contributed by atoms with Crippen molar-refractivity contribution >= 4 is 0 Å². The van der Waals surface area contributed by atoms with Gasteiger partial charge in [-0.15, -0.1) is 10.2 Å². The molecule has 2 aromatic rings. The van der Waals surface area contributed by atoms with Gasteiger partial charge < -0.3 is 9.73 Å². The second kappa shape index (κ2) is 4.54. The van der Waals surface area contributed by atoms with E-state index in [4.69, 9.17) is 4.42 Å². The summed E-state index contributed by atoms with van der Waals surface area (Å²) < 4.78 is 44.5. The Morgan fingerprint density at radius 1 is 1.18 bits per heavy atom. The monoisotopic (exact) mass is 243 g/mol. The van der Waals surface area contributed by atoms with Crippen molar-refractivity contribution in [2.75, 3.05) is 7.05 Å². The lowest BCUT2D eigenvalue weighted by Gasteiger charge is -1.99. The molecule has 1 aromatic carbocycles. The third kappa shape index (κ3) is 2.28. The predicted molar refractivity (Wildman–Crippen MR) is 52.4 cm³/mol. The van der Waals surface area contributed by atoms with Crippen LogP contribution in [0.5, 0.6) is 0 Å². The summed E-state index contributed by atoms with van der Waals surface area (Å²) in [6.07, 6.45) is 0. The number of hydrogen-bond donors (Lipinski definition) is 1. The topological polar surface area (TPSA) is 51.0 Å². The van der Waals surface area contributed by atoms with E-state index >= 15 is 0 Å². The Balaban J connectivity index is 2.45. The number of halogens is 3. The highest BCUT2D eigenvalue weighted by Gasteiger charge is 2.19. The number of rotatable bonds is 3. The molecular formula is C10H8F3N3O. The number of nitrogens with zero attached hydrogens (tertiary/aromatic N) is 2. The molecular weight excluding hydrogens is 235 g/mol. The molecule has 0 bridgehead atoms. The molecule has 1 heterocycles. The second-order valence-corrected chi connectivity index (χ2v) is 3.28. The first kappa shape index (κ1) is 11.6. The lowest BCUT2D eigenvalue weighted by molar-refractivity contribution is 0.479. The molecule has 2 rings (SSSR count). The fraction of sp³-hybridized carbons (Fsp3) is 0.200. The highest BCUT2D eigenvalue weighted by molar-refractivity contribution is 5.54. The molecule has 1 aromatic heterocycles. The maximum Gasteiger partial charge on any atom is 0.253 e. The fourth-order valence-electron chi connectivity index (χ4n) is 1.32. The van der Waals surface area contributed by atoms with Gasteiger partial charge in [-0.3, -0.25) is 0 Å². The summed E-state index contributed by atoms with van der Waals surface area (Å²) >= 11 is 0. The van der Waals surface area contributed by atoms with Crippen LogP contribution >= 0.6 is 0 Å². The van der Waals surface area contributed by atoms with Crippen LogP contribution in [0, 0.1) is 17.5 Å². The highest BCUT2D eigenvalue weighted by atomic mass is 19.1. The summed E-state index contributed by atoms with van der Waals surface area (Å²) in [5.74, 6) is -3.29. The smallest absolute Gasteiger partial charge is 0.253 e. The normalized spacial score (nSPS) is 10.8. The van der Waals surface area contributed by atoms with Crippen LogP contribution in [0.1, 0.15) is 5.89 Å². The van der Waals surface area contributed by atoms with Gasteiger partial charge in [0.1, 0.15) is 23.0 Å². The summed E-state index contributed by atoms with van der Waals surface area (Å²) in [6.45, 7) is 0.275. The molecule has 1 N–H and O–H groups in total. The molecule has 0 atom stereocenters. The molecule has 4 nitrogen and oxygen atoms in total. The molecule has 0 spiro atoms. The van der Waals surface area contributed by atoms with E-state index in [9.17, 15) is 13.2 Å². The Morgan fingerprint density at radius 2 is 1.82 bits per heavy atom. The van der Waals surface area contributed by atoms with E-state index in [0.717, 1.165) is 0 Å². The second-order valence-electron chi connectivity index (χ2n) is 3.28. The van der Waals surface area contributed by atoms with Crippen molar-refractivity contribution in [1.82, 2.24) is 15.5 Å². The van der Waals surface area contributed by atoms with Crippen LogP contribution in [0.15, 0.2) is 16.5 Å². The van der Waals surface area contributed by atoms with Crippen molar-refractivity contribution in [3.63, 3.8) is 0 Å². The maximum atomic E-state index is 13.4. The molecule has 0 aliphatic carbocycles. The van der Waals surface area contributed by atoms with E-state index < -0.39 is 23.0 Å². The van der Waals surface area contributed by atoms with Crippen LogP contribution in [0.25, 0.3) is 11.5 Å². The predicted octanol–water partition coefficient (Wildman–Crippen LogP) is 1.87. The number of nitrogens with one attached hydrogen (secondary N) is 1. The zero-order valence-corrected chi connectivity index (χ0v) is 8.80. The van der Waals surface area contributed by atoms with Crippen LogP contribution in [-0.2, 0) is 6.54 Å². The van der Waals surface area contributed by atoms with Gasteiger partial charge in [-0.25, -0.2) is 13.2 Å². The summed E-state index contributed by atoms with van der Waals surface area (Å²) in [4.78, 5) is 0. The van der Waals surface area contributed by atoms with Crippen molar-refractivity contribution in [3.05, 3.63) is 35.5 Å². The first-order valence-electron chi connectivity index (χ1n) is 4.73. The van der Waals surface area contributed by atoms with Crippen molar-refractivity contribution in [2.24, 2.45) is 0 Å². The van der Waals surface area contributed by atoms with Crippen LogP contribution in [-0.4, -0.2) is 17.2 Å². The summed E-state index contributed by atoms with van der Waals surface area (Å²) in [6, 6.07) is 1.11. The molecule has 17 heavy (non-hydrogen) atoms. The Morgan fingerprint density at radius 3 is 2.41 bits per heavy atom. The van der Waals surface area contributed by atoms with Crippen LogP contribution in [0.3, 0.4) is 0 Å². The quantitative estimate of drug-likeness (QED) is 0.894. The van der Waals surface area contributed by atoms with Crippen LogP contribution in [0.4, 0.5) is 13.2 Å². The van der Waals surface area contributed by atoms with Gasteiger partial charge in [0.25, 0.3) is 5.89 Å². The number of hydrogen-bond acceptors (Lipinski definition) is 4. The lowest BCUT2D eigenvalue weighted by Crippen LogP contribution is -2.04. The molecule has 0 aliphatic rings. The largest absolute Gasteiger partial charge is 0.419 e. The van der Waals surface area contributed by atoms with Gasteiger partial charge in [-0.2, -0.15) is 0 Å². The fourth-order valence-corrected chi connectivity index (χ4v) is 1.32.